The van der Waals surface area contributed by atoms with Crippen molar-refractivity contribution < 1.29 is 17.9 Å². The Kier molecular flexibility index (Phi) is 5.35. The average Bonchev–Trinajstić information content (AvgIpc) is 3.50. The molecule has 0 saturated carbocycles. The van der Waals surface area contributed by atoms with Gasteiger partial charge in [-0.1, -0.05) is 6.07 Å². The molecule has 3 N–H and O–H groups in total. The first kappa shape index (κ1) is 20.3. The van der Waals surface area contributed by atoms with E-state index in [4.69, 9.17) is 4.74 Å². The van der Waals surface area contributed by atoms with Crippen LogP contribution >= 0.6 is 0 Å². The molecule has 0 atom stereocenters. The Bertz CT molecular complexity index is 1050. The number of H-pyrrole nitrogens is 1. The van der Waals surface area contributed by atoms with E-state index in [2.05, 4.69) is 26.3 Å². The lowest BCUT2D eigenvalue weighted by Crippen LogP contribution is -2.51. The molecule has 1 aromatic heterocycles. The number of hydrogen-bond acceptors (Lipinski definition) is 5. The van der Waals surface area contributed by atoms with Crippen LogP contribution in [-0.2, 0) is 40.6 Å². The van der Waals surface area contributed by atoms with Gasteiger partial charge in [0.05, 0.1) is 17.9 Å². The summed E-state index contributed by atoms with van der Waals surface area (Å²) >= 11 is 0. The van der Waals surface area contributed by atoms with Crippen molar-refractivity contribution in [3.05, 3.63) is 40.7 Å². The second-order valence-corrected chi connectivity index (χ2v) is 9.94. The molecule has 0 spiro atoms. The largest absolute Gasteiger partial charge is 0.381 e. The highest BCUT2D eigenvalue weighted by atomic mass is 32.2. The number of anilines is 2. The number of carbonyl (C=O) groups is 1. The molecule has 2 aromatic rings. The fourth-order valence-electron chi connectivity index (χ4n) is 5.10. The van der Waals surface area contributed by atoms with Crippen LogP contribution in [0, 0.1) is 0 Å². The fourth-order valence-corrected chi connectivity index (χ4v) is 6.47. The second-order valence-electron chi connectivity index (χ2n) is 8.39. The van der Waals surface area contributed by atoms with Gasteiger partial charge in [0, 0.05) is 25.1 Å². The number of rotatable bonds is 5. The van der Waals surface area contributed by atoms with Crippen LogP contribution in [0.4, 0.5) is 16.2 Å². The number of aromatic nitrogens is 2. The van der Waals surface area contributed by atoms with Gasteiger partial charge in [-0.15, -0.1) is 0 Å². The third-order valence-corrected chi connectivity index (χ3v) is 7.92. The molecule has 2 amide bonds. The Balaban J connectivity index is 1.40. The van der Waals surface area contributed by atoms with Gasteiger partial charge >= 0.3 is 16.2 Å². The van der Waals surface area contributed by atoms with Crippen molar-refractivity contribution in [2.75, 3.05) is 22.8 Å². The van der Waals surface area contributed by atoms with Crippen LogP contribution in [0.1, 0.15) is 47.9 Å². The number of urea groups is 1. The van der Waals surface area contributed by atoms with Crippen molar-refractivity contribution in [1.29, 1.82) is 0 Å². The summed E-state index contributed by atoms with van der Waals surface area (Å²) < 4.78 is 35.4. The van der Waals surface area contributed by atoms with Crippen LogP contribution < -0.4 is 14.3 Å². The smallest absolute Gasteiger partial charge is 0.334 e. The second kappa shape index (κ2) is 8.16. The normalized spacial score (nSPS) is 18.5. The highest BCUT2D eigenvalue weighted by Crippen LogP contribution is 2.38. The molecule has 0 unspecified atom stereocenters. The van der Waals surface area contributed by atoms with Crippen molar-refractivity contribution in [1.82, 2.24) is 14.9 Å². The highest BCUT2D eigenvalue weighted by Gasteiger charge is 2.34. The van der Waals surface area contributed by atoms with Crippen LogP contribution in [0.3, 0.4) is 0 Å². The standard InChI is InChI=1S/C21H27N5O4S/c27-21(24-20-18-5-1-3-14(18)11-15-4-2-6-19(15)20)25-31(28,29)26(17-12-22-23-13-17)16-7-9-30-10-8-16/h11-13,16H,1-10H2,(H,22,23)(H2,24,25,27). The number of amides is 2. The molecule has 1 fully saturated rings. The number of aromatic amines is 1. The quantitative estimate of drug-likeness (QED) is 0.654. The molecule has 3 aliphatic rings. The minimum absolute atomic E-state index is 0.304. The maximum atomic E-state index is 13.3. The zero-order valence-corrected chi connectivity index (χ0v) is 18.1. The topological polar surface area (TPSA) is 116 Å². The molecular formula is C21H27N5O4S. The van der Waals surface area contributed by atoms with E-state index >= 15 is 0 Å². The number of fused-ring (bicyclic) bond motifs is 2. The minimum atomic E-state index is -4.14. The van der Waals surface area contributed by atoms with Gasteiger partial charge in [-0.2, -0.15) is 13.5 Å². The van der Waals surface area contributed by atoms with Crippen LogP contribution in [0.15, 0.2) is 18.5 Å². The summed E-state index contributed by atoms with van der Waals surface area (Å²) in [6.45, 7) is 0.950. The zero-order valence-electron chi connectivity index (χ0n) is 17.3. The van der Waals surface area contributed by atoms with Gasteiger partial charge < -0.3 is 10.1 Å². The van der Waals surface area contributed by atoms with Crippen LogP contribution in [0.2, 0.25) is 0 Å². The summed E-state index contributed by atoms with van der Waals surface area (Å²) in [4.78, 5) is 12.9. The molecule has 0 radical (unpaired) electrons. The van der Waals surface area contributed by atoms with Gasteiger partial charge in [0.25, 0.3) is 0 Å². The molecular weight excluding hydrogens is 418 g/mol. The summed E-state index contributed by atoms with van der Waals surface area (Å²) in [6, 6.07) is 1.24. The Morgan fingerprint density at radius 2 is 1.77 bits per heavy atom. The monoisotopic (exact) mass is 445 g/mol. The Labute approximate surface area is 181 Å². The third kappa shape index (κ3) is 3.89. The van der Waals surface area contributed by atoms with Crippen molar-refractivity contribution in [2.24, 2.45) is 0 Å². The average molecular weight is 446 g/mol. The molecule has 166 valence electrons. The molecule has 5 rings (SSSR count). The first-order valence-electron chi connectivity index (χ1n) is 10.9. The zero-order chi connectivity index (χ0) is 21.4. The molecule has 1 aromatic carbocycles. The van der Waals surface area contributed by atoms with E-state index in [1.165, 1.54) is 27.8 Å². The maximum Gasteiger partial charge on any atom is 0.334 e. The fraction of sp³-hybridized carbons (Fsp3) is 0.524. The molecule has 1 aliphatic heterocycles. The lowest BCUT2D eigenvalue weighted by Gasteiger charge is -2.33. The Hall–Kier alpha value is -2.59. The predicted molar refractivity (Wildman–Crippen MR) is 116 cm³/mol. The van der Waals surface area contributed by atoms with Crippen molar-refractivity contribution in [2.45, 2.75) is 57.4 Å². The van der Waals surface area contributed by atoms with E-state index in [1.807, 2.05) is 0 Å². The number of benzene rings is 1. The summed E-state index contributed by atoms with van der Waals surface area (Å²) in [5.74, 6) is 0. The number of aryl methyl sites for hydroxylation is 2. The number of carbonyl (C=O) groups excluding carboxylic acids is 1. The number of nitrogens with zero attached hydrogens (tertiary/aromatic N) is 2. The molecule has 2 aliphatic carbocycles. The highest BCUT2D eigenvalue weighted by molar-refractivity contribution is 7.91. The van der Waals surface area contributed by atoms with E-state index in [0.29, 0.717) is 31.7 Å². The summed E-state index contributed by atoms with van der Waals surface area (Å²) in [5, 5.41) is 9.44. The molecule has 9 nitrogen and oxygen atoms in total. The van der Waals surface area contributed by atoms with Gasteiger partial charge in [0.2, 0.25) is 0 Å². The number of ether oxygens (including phenoxy) is 1. The summed E-state index contributed by atoms with van der Waals surface area (Å²) in [5.41, 5.74) is 6.08. The molecule has 31 heavy (non-hydrogen) atoms. The van der Waals surface area contributed by atoms with Crippen molar-refractivity contribution in [3.8, 4) is 0 Å². The lowest BCUT2D eigenvalue weighted by atomic mass is 9.99. The van der Waals surface area contributed by atoms with Gasteiger partial charge in [-0.05, 0) is 73.6 Å². The lowest BCUT2D eigenvalue weighted by molar-refractivity contribution is 0.0875. The SMILES string of the molecule is O=C(Nc1c2c(cc3c1CCC3)CCC2)NS(=O)(=O)N(c1cn[nH]c1)C1CCOCC1. The van der Waals surface area contributed by atoms with Gasteiger partial charge in [-0.3, -0.25) is 5.10 Å². The van der Waals surface area contributed by atoms with Crippen LogP contribution in [0.25, 0.3) is 0 Å². The van der Waals surface area contributed by atoms with E-state index in [0.717, 1.165) is 55.3 Å². The summed E-state index contributed by atoms with van der Waals surface area (Å²) in [7, 11) is -4.14. The Morgan fingerprint density at radius 3 is 2.39 bits per heavy atom. The first-order chi connectivity index (χ1) is 15.0. The van der Waals surface area contributed by atoms with Crippen LogP contribution in [-0.4, -0.2) is 43.9 Å². The van der Waals surface area contributed by atoms with E-state index in [-0.39, 0.29) is 6.04 Å². The van der Waals surface area contributed by atoms with Gasteiger partial charge in [0.1, 0.15) is 0 Å². The van der Waals surface area contributed by atoms with E-state index < -0.39 is 16.2 Å². The summed E-state index contributed by atoms with van der Waals surface area (Å²) in [6.07, 6.45) is 10.0. The van der Waals surface area contributed by atoms with Gasteiger partial charge in [-0.25, -0.2) is 13.8 Å². The number of hydrogen-bond donors (Lipinski definition) is 3. The molecule has 10 heteroatoms. The maximum absolute atomic E-state index is 13.3. The van der Waals surface area contributed by atoms with Crippen molar-refractivity contribution >= 4 is 27.6 Å². The van der Waals surface area contributed by atoms with Gasteiger partial charge in [0.15, 0.2) is 0 Å². The minimum Gasteiger partial charge on any atom is -0.381 e. The number of nitrogens with one attached hydrogen (secondary N) is 3. The third-order valence-electron chi connectivity index (χ3n) is 6.45. The van der Waals surface area contributed by atoms with E-state index in [9.17, 15) is 13.2 Å². The first-order valence-corrected chi connectivity index (χ1v) is 12.3. The molecule has 0 bridgehead atoms. The molecule has 1 saturated heterocycles. The van der Waals surface area contributed by atoms with E-state index in [1.54, 1.807) is 0 Å². The van der Waals surface area contributed by atoms with Crippen LogP contribution in [0.5, 0.6) is 0 Å². The predicted octanol–water partition coefficient (Wildman–Crippen LogP) is 2.44. The molecule has 2 heterocycles. The van der Waals surface area contributed by atoms with Crippen molar-refractivity contribution in [3.63, 3.8) is 0 Å². The Morgan fingerprint density at radius 1 is 1.10 bits per heavy atom.